The highest BCUT2D eigenvalue weighted by Crippen LogP contribution is 2.38. The molecular formula is C36H39N7O7. The van der Waals surface area contributed by atoms with E-state index in [0.29, 0.717) is 47.1 Å². The highest BCUT2D eigenvalue weighted by Gasteiger charge is 2.32. The summed E-state index contributed by atoms with van der Waals surface area (Å²) in [5, 5.41) is 5.64. The van der Waals surface area contributed by atoms with Gasteiger partial charge in [0.25, 0.3) is 11.8 Å². The molecule has 0 radical (unpaired) electrons. The molecule has 0 unspecified atom stereocenters. The van der Waals surface area contributed by atoms with Crippen molar-refractivity contribution in [2.24, 2.45) is 19.1 Å². The van der Waals surface area contributed by atoms with Crippen molar-refractivity contribution in [3.8, 4) is 22.6 Å². The lowest BCUT2D eigenvalue weighted by molar-refractivity contribution is -0.116. The average Bonchev–Trinajstić information content (AvgIpc) is 3.82. The van der Waals surface area contributed by atoms with Crippen LogP contribution in [0.5, 0.6) is 11.5 Å². The van der Waals surface area contributed by atoms with E-state index in [4.69, 9.17) is 14.2 Å². The molecule has 2 aromatic heterocycles. The predicted molar refractivity (Wildman–Crippen MR) is 187 cm³/mol. The average molecular weight is 682 g/mol. The molecule has 0 bridgehead atoms. The molecule has 0 aliphatic carbocycles. The smallest absolute Gasteiger partial charge is 0.374 e. The van der Waals surface area contributed by atoms with Gasteiger partial charge in [-0.1, -0.05) is 12.1 Å². The maximum Gasteiger partial charge on any atom is 0.374 e. The van der Waals surface area contributed by atoms with Crippen LogP contribution in [-0.4, -0.2) is 81.8 Å². The van der Waals surface area contributed by atoms with Crippen LogP contribution in [0.3, 0.4) is 0 Å². The number of aliphatic imine (C=N–C) groups is 1. The van der Waals surface area contributed by atoms with E-state index in [9.17, 15) is 19.2 Å². The first-order chi connectivity index (χ1) is 24.1. The van der Waals surface area contributed by atoms with E-state index in [-0.39, 0.29) is 55.0 Å². The summed E-state index contributed by atoms with van der Waals surface area (Å²) < 4.78 is 19.7. The maximum absolute atomic E-state index is 13.1. The molecule has 260 valence electrons. The molecule has 2 aliphatic heterocycles. The Morgan fingerprint density at radius 1 is 0.980 bits per heavy atom. The third-order valence-corrected chi connectivity index (χ3v) is 8.58. The van der Waals surface area contributed by atoms with Crippen molar-refractivity contribution in [2.75, 3.05) is 37.5 Å². The van der Waals surface area contributed by atoms with E-state index in [0.717, 1.165) is 24.0 Å². The number of benzene rings is 2. The third-order valence-electron chi connectivity index (χ3n) is 8.58. The minimum atomic E-state index is -0.570. The van der Waals surface area contributed by atoms with Gasteiger partial charge in [-0.25, -0.2) is 9.78 Å². The lowest BCUT2D eigenvalue weighted by atomic mass is 10.1. The number of rotatable bonds is 12. The van der Waals surface area contributed by atoms with Crippen molar-refractivity contribution in [1.29, 1.82) is 0 Å². The Morgan fingerprint density at radius 3 is 2.54 bits per heavy atom. The number of hydrogen-bond acceptors (Lipinski definition) is 9. The first kappa shape index (κ1) is 34.0. The minimum Gasteiger partial charge on any atom is -0.493 e. The Hall–Kier alpha value is -5.92. The molecule has 4 heterocycles. The van der Waals surface area contributed by atoms with Gasteiger partial charge in [0.1, 0.15) is 5.69 Å². The zero-order valence-electron chi connectivity index (χ0n) is 28.4. The lowest BCUT2D eigenvalue weighted by Crippen LogP contribution is -2.35. The zero-order chi connectivity index (χ0) is 35.4. The number of aromatic nitrogens is 3. The highest BCUT2D eigenvalue weighted by atomic mass is 16.5. The Bertz CT molecular complexity index is 1960. The molecule has 50 heavy (non-hydrogen) atoms. The number of hydrogen-bond donors (Lipinski definition) is 2. The molecule has 3 amide bonds. The summed E-state index contributed by atoms with van der Waals surface area (Å²) in [7, 11) is 4.94. The Morgan fingerprint density at radius 2 is 1.78 bits per heavy atom. The van der Waals surface area contributed by atoms with Gasteiger partial charge in [0, 0.05) is 63.0 Å². The first-order valence-electron chi connectivity index (χ1n) is 16.4. The van der Waals surface area contributed by atoms with E-state index in [1.165, 1.54) is 11.7 Å². The van der Waals surface area contributed by atoms with Gasteiger partial charge in [0.2, 0.25) is 11.7 Å². The van der Waals surface area contributed by atoms with Crippen LogP contribution in [0.4, 0.5) is 17.2 Å². The molecule has 4 aromatic rings. The number of aryl methyl sites for hydroxylation is 2. The van der Waals surface area contributed by atoms with E-state index in [2.05, 4.69) is 20.6 Å². The third kappa shape index (κ3) is 7.23. The van der Waals surface area contributed by atoms with Gasteiger partial charge < -0.3 is 38.9 Å². The topological polar surface area (TPSA) is 158 Å². The molecular weight excluding hydrogens is 642 g/mol. The van der Waals surface area contributed by atoms with Gasteiger partial charge in [-0.2, -0.15) is 0 Å². The van der Waals surface area contributed by atoms with Crippen molar-refractivity contribution in [1.82, 2.24) is 19.0 Å². The van der Waals surface area contributed by atoms with Crippen LogP contribution in [-0.2, 0) is 23.6 Å². The second-order valence-electron chi connectivity index (χ2n) is 12.0. The second-order valence-corrected chi connectivity index (χ2v) is 12.0. The van der Waals surface area contributed by atoms with Crippen molar-refractivity contribution < 1.29 is 33.4 Å². The molecule has 14 nitrogen and oxygen atoms in total. The number of carbonyl (C=O) groups is 4. The quantitative estimate of drug-likeness (QED) is 0.157. The molecule has 2 aromatic carbocycles. The van der Waals surface area contributed by atoms with Crippen LogP contribution in [0.25, 0.3) is 11.1 Å². The highest BCUT2D eigenvalue weighted by molar-refractivity contribution is 6.04. The first-order valence-corrected chi connectivity index (χ1v) is 16.4. The summed E-state index contributed by atoms with van der Waals surface area (Å²) in [5.74, 6) is 0.0615. The maximum atomic E-state index is 13.1. The summed E-state index contributed by atoms with van der Waals surface area (Å²) >= 11 is 0. The molecule has 2 aliphatic rings. The number of methoxy groups -OCH3 is 1. The largest absolute Gasteiger partial charge is 0.493 e. The van der Waals surface area contributed by atoms with Crippen molar-refractivity contribution >= 4 is 47.1 Å². The van der Waals surface area contributed by atoms with E-state index < -0.39 is 5.97 Å². The number of ether oxygens (including phenoxy) is 3. The fourth-order valence-corrected chi connectivity index (χ4v) is 6.05. The SMILES string of the molecule is CCOC(=O)c1nc(NC(=O)c2cc(-c3ccc(NC(=O)CCCOc4cc5c(cc4OC)C(=O)N4CCC[C@H]4C=N5)cc3)cn2C)cn1C. The number of anilines is 2. The molecule has 6 rings (SSSR count). The molecule has 1 atom stereocenters. The van der Waals surface area contributed by atoms with Crippen molar-refractivity contribution in [2.45, 2.75) is 38.6 Å². The lowest BCUT2D eigenvalue weighted by Gasteiger charge is -2.20. The number of amides is 3. The van der Waals surface area contributed by atoms with Gasteiger partial charge in [-0.05, 0) is 56.0 Å². The van der Waals surface area contributed by atoms with E-state index >= 15 is 0 Å². The Kier molecular flexibility index (Phi) is 9.97. The number of nitrogens with one attached hydrogen (secondary N) is 2. The molecule has 1 saturated heterocycles. The van der Waals surface area contributed by atoms with Gasteiger partial charge in [-0.3, -0.25) is 19.4 Å². The summed E-state index contributed by atoms with van der Waals surface area (Å²) in [4.78, 5) is 61.5. The van der Waals surface area contributed by atoms with Crippen molar-refractivity contribution in [3.63, 3.8) is 0 Å². The summed E-state index contributed by atoms with van der Waals surface area (Å²) in [6.45, 7) is 2.91. The predicted octanol–water partition coefficient (Wildman–Crippen LogP) is 4.98. The molecule has 1 fully saturated rings. The molecule has 2 N–H and O–H groups in total. The monoisotopic (exact) mass is 681 g/mol. The molecule has 0 saturated carbocycles. The Labute approximate surface area is 289 Å². The number of esters is 1. The van der Waals surface area contributed by atoms with E-state index in [1.54, 1.807) is 62.1 Å². The number of fused-ring (bicyclic) bond motifs is 2. The number of imidazole rings is 1. The van der Waals surface area contributed by atoms with Gasteiger partial charge in [-0.15, -0.1) is 0 Å². The number of carbonyl (C=O) groups excluding carboxylic acids is 4. The zero-order valence-corrected chi connectivity index (χ0v) is 28.4. The van der Waals surface area contributed by atoms with Crippen LogP contribution >= 0.6 is 0 Å². The summed E-state index contributed by atoms with van der Waals surface area (Å²) in [6, 6.07) is 12.5. The van der Waals surface area contributed by atoms with Crippen molar-refractivity contribution in [3.05, 3.63) is 71.9 Å². The van der Waals surface area contributed by atoms with Gasteiger partial charge >= 0.3 is 5.97 Å². The molecule has 14 heteroatoms. The molecule has 0 spiro atoms. The van der Waals surface area contributed by atoms with Crippen LogP contribution < -0.4 is 20.1 Å². The second kappa shape index (κ2) is 14.7. The van der Waals surface area contributed by atoms with Crippen LogP contribution in [0.2, 0.25) is 0 Å². The summed E-state index contributed by atoms with van der Waals surface area (Å²) in [5.41, 5.74) is 3.74. The fourth-order valence-electron chi connectivity index (χ4n) is 6.05. The van der Waals surface area contributed by atoms with Crippen LogP contribution in [0, 0.1) is 0 Å². The van der Waals surface area contributed by atoms with Gasteiger partial charge in [0.15, 0.2) is 17.3 Å². The van der Waals surface area contributed by atoms with Crippen LogP contribution in [0.15, 0.2) is 59.9 Å². The normalized spacial score (nSPS) is 14.8. The van der Waals surface area contributed by atoms with E-state index in [1.807, 2.05) is 29.4 Å². The minimum absolute atomic E-state index is 0.0129. The fraction of sp³-hybridized carbons (Fsp3) is 0.333. The number of nitrogens with zero attached hydrogens (tertiary/aromatic N) is 5. The van der Waals surface area contributed by atoms with Crippen LogP contribution in [0.1, 0.15) is 64.1 Å². The standard InChI is InChI=1S/C36H39N7O7/c1-5-49-36(47)33-39-31(21-42(33)3)40-34(45)28-16-23(20-41(28)2)22-10-12-24(13-11-22)38-32(44)9-7-15-50-30-18-27-26(17-29(30)48-4)35(46)43-14-6-8-25(43)19-37-27/h10-13,16-21,25H,5-9,14-15H2,1-4H3,(H,38,44)(H,40,45)/t25-/m0/s1. The van der Waals surface area contributed by atoms with Gasteiger partial charge in [0.05, 0.1) is 37.6 Å². The Balaban J connectivity index is 1.00. The summed E-state index contributed by atoms with van der Waals surface area (Å²) in [6.07, 6.45) is 7.76.